The molecule has 1 heterocycles. The van der Waals surface area contributed by atoms with Crippen molar-refractivity contribution in [2.45, 2.75) is 31.2 Å². The van der Waals surface area contributed by atoms with Crippen molar-refractivity contribution in [3.05, 3.63) is 42.2 Å². The predicted molar refractivity (Wildman–Crippen MR) is 78.1 cm³/mol. The topological polar surface area (TPSA) is 120 Å². The maximum atomic E-state index is 11.7. The Kier molecular flexibility index (Phi) is 7.69. The molecule has 7 heteroatoms. The van der Waals surface area contributed by atoms with Crippen LogP contribution in [-0.2, 0) is 11.2 Å². The van der Waals surface area contributed by atoms with Crippen LogP contribution in [0.4, 0.5) is 0 Å². The van der Waals surface area contributed by atoms with Gasteiger partial charge < -0.3 is 25.2 Å². The zero-order valence-corrected chi connectivity index (χ0v) is 12.1. The minimum absolute atomic E-state index is 0.0757. The molecule has 0 unspecified atom stereocenters. The van der Waals surface area contributed by atoms with Gasteiger partial charge in [-0.3, -0.25) is 0 Å². The van der Waals surface area contributed by atoms with Crippen LogP contribution in [0.25, 0.3) is 0 Å². The van der Waals surface area contributed by atoms with Crippen LogP contribution in [-0.4, -0.2) is 62.9 Å². The van der Waals surface area contributed by atoms with Crippen LogP contribution < -0.4 is 0 Å². The van der Waals surface area contributed by atoms with Crippen LogP contribution in [0.3, 0.4) is 0 Å². The zero-order chi connectivity index (χ0) is 16.5. The van der Waals surface area contributed by atoms with Crippen LogP contribution in [0.1, 0.15) is 22.5 Å². The summed E-state index contributed by atoms with van der Waals surface area (Å²) in [5.41, 5.74) is 1.03. The van der Waals surface area contributed by atoms with Crippen LogP contribution in [0.5, 0.6) is 0 Å². The summed E-state index contributed by atoms with van der Waals surface area (Å²) >= 11 is 0. The molecule has 0 saturated carbocycles. The lowest BCUT2D eigenvalue weighted by molar-refractivity contribution is -0.0926. The number of pyridine rings is 1. The van der Waals surface area contributed by atoms with E-state index in [-0.39, 0.29) is 5.69 Å². The van der Waals surface area contributed by atoms with Gasteiger partial charge in [0.05, 0.1) is 6.61 Å². The maximum Gasteiger partial charge on any atom is 0.357 e. The summed E-state index contributed by atoms with van der Waals surface area (Å²) in [6.45, 7) is 2.40. The Labute approximate surface area is 128 Å². The Balaban J connectivity index is 2.49. The second kappa shape index (κ2) is 9.26. The van der Waals surface area contributed by atoms with Crippen LogP contribution in [0.15, 0.2) is 31.0 Å². The summed E-state index contributed by atoms with van der Waals surface area (Å²) in [4.78, 5) is 15.7. The quantitative estimate of drug-likeness (QED) is 0.356. The normalized spacial score (nSPS) is 14.9. The van der Waals surface area contributed by atoms with Gasteiger partial charge in [0, 0.05) is 6.20 Å². The van der Waals surface area contributed by atoms with Crippen LogP contribution in [0.2, 0.25) is 0 Å². The fourth-order valence-corrected chi connectivity index (χ4v) is 1.66. The predicted octanol–water partition coefficient (Wildman–Crippen LogP) is -0.568. The molecule has 22 heavy (non-hydrogen) atoms. The molecule has 0 bridgehead atoms. The first-order chi connectivity index (χ1) is 10.5. The number of aliphatic hydroxyl groups excluding tert-OH is 4. The molecule has 3 atom stereocenters. The number of carbonyl (C=O) groups excluding carboxylic acids is 1. The van der Waals surface area contributed by atoms with Gasteiger partial charge in [0.15, 0.2) is 0 Å². The molecule has 0 aliphatic rings. The summed E-state index contributed by atoms with van der Waals surface area (Å²) in [7, 11) is 0. The van der Waals surface area contributed by atoms with E-state index in [9.17, 15) is 15.0 Å². The number of hydrogen-bond donors (Lipinski definition) is 4. The maximum absolute atomic E-state index is 11.7. The fraction of sp³-hybridized carbons (Fsp3) is 0.467. The molecule has 1 rings (SSSR count). The number of allylic oxidation sites excluding steroid dienone is 1. The van der Waals surface area contributed by atoms with Crippen molar-refractivity contribution >= 4 is 5.97 Å². The van der Waals surface area contributed by atoms with E-state index < -0.39 is 37.5 Å². The lowest BCUT2D eigenvalue weighted by Gasteiger charge is -2.21. The van der Waals surface area contributed by atoms with Gasteiger partial charge in [-0.15, -0.1) is 6.58 Å². The molecule has 0 fully saturated rings. The highest BCUT2D eigenvalue weighted by molar-refractivity contribution is 5.87. The number of aliphatic hydroxyl groups is 4. The Morgan fingerprint density at radius 2 is 2.05 bits per heavy atom. The second-order valence-corrected chi connectivity index (χ2v) is 4.79. The third-order valence-corrected chi connectivity index (χ3v) is 3.03. The molecule has 1 aromatic rings. The molecule has 0 radical (unpaired) electrons. The first-order valence-electron chi connectivity index (χ1n) is 6.87. The first kappa shape index (κ1) is 18.2. The summed E-state index contributed by atoms with van der Waals surface area (Å²) in [6, 6.07) is 3.25. The molecule has 0 aliphatic heterocycles. The number of nitrogens with zero attached hydrogens (tertiary/aromatic N) is 1. The van der Waals surface area contributed by atoms with E-state index in [0.717, 1.165) is 18.4 Å². The smallest absolute Gasteiger partial charge is 0.357 e. The standard InChI is InChI=1S/C15H21NO6/c1-2-3-4-10-5-6-11(16-7-10)15(21)22-9-13(19)14(20)12(18)8-17/h2,5-7,12-14,17-20H,1,3-4,8-9H2/t12-,13-,14+/m1/s1. The molecule has 122 valence electrons. The molecule has 0 aliphatic carbocycles. The number of aromatic nitrogens is 1. The Hall–Kier alpha value is -1.80. The van der Waals surface area contributed by atoms with Gasteiger partial charge in [0.2, 0.25) is 0 Å². The molecule has 0 spiro atoms. The van der Waals surface area contributed by atoms with E-state index in [0.29, 0.717) is 0 Å². The minimum Gasteiger partial charge on any atom is -0.458 e. The van der Waals surface area contributed by atoms with Gasteiger partial charge in [-0.1, -0.05) is 12.1 Å². The van der Waals surface area contributed by atoms with E-state index in [1.54, 1.807) is 18.3 Å². The Morgan fingerprint density at radius 1 is 1.32 bits per heavy atom. The number of esters is 1. The average Bonchev–Trinajstić information content (AvgIpc) is 2.56. The lowest BCUT2D eigenvalue weighted by atomic mass is 10.1. The van der Waals surface area contributed by atoms with Crippen molar-refractivity contribution in [1.82, 2.24) is 4.98 Å². The summed E-state index contributed by atoms with van der Waals surface area (Å²) in [5.74, 6) is -0.750. The van der Waals surface area contributed by atoms with E-state index in [1.165, 1.54) is 6.07 Å². The Morgan fingerprint density at radius 3 is 2.59 bits per heavy atom. The van der Waals surface area contributed by atoms with E-state index in [1.807, 2.05) is 0 Å². The molecular weight excluding hydrogens is 290 g/mol. The number of ether oxygens (including phenoxy) is 1. The molecule has 0 saturated heterocycles. The number of carbonyl (C=O) groups is 1. The van der Waals surface area contributed by atoms with Gasteiger partial charge in [-0.05, 0) is 24.5 Å². The van der Waals surface area contributed by atoms with Crippen molar-refractivity contribution in [2.24, 2.45) is 0 Å². The average molecular weight is 311 g/mol. The van der Waals surface area contributed by atoms with Crippen molar-refractivity contribution in [2.75, 3.05) is 13.2 Å². The molecule has 0 amide bonds. The second-order valence-electron chi connectivity index (χ2n) is 4.79. The monoisotopic (exact) mass is 311 g/mol. The minimum atomic E-state index is -1.60. The van der Waals surface area contributed by atoms with Gasteiger partial charge in [0.25, 0.3) is 0 Å². The highest BCUT2D eigenvalue weighted by Gasteiger charge is 2.25. The van der Waals surface area contributed by atoms with Crippen LogP contribution >= 0.6 is 0 Å². The van der Waals surface area contributed by atoms with Gasteiger partial charge in [0.1, 0.15) is 30.6 Å². The van der Waals surface area contributed by atoms with E-state index >= 15 is 0 Å². The van der Waals surface area contributed by atoms with Crippen molar-refractivity contribution < 1.29 is 30.0 Å². The highest BCUT2D eigenvalue weighted by Crippen LogP contribution is 2.06. The highest BCUT2D eigenvalue weighted by atomic mass is 16.5. The summed E-state index contributed by atoms with van der Waals surface area (Å²) < 4.78 is 4.81. The lowest BCUT2D eigenvalue weighted by Crippen LogP contribution is -2.42. The molecule has 4 N–H and O–H groups in total. The molecule has 1 aromatic heterocycles. The molecule has 7 nitrogen and oxygen atoms in total. The van der Waals surface area contributed by atoms with Crippen molar-refractivity contribution in [3.63, 3.8) is 0 Å². The van der Waals surface area contributed by atoms with E-state index in [2.05, 4.69) is 11.6 Å². The third-order valence-electron chi connectivity index (χ3n) is 3.03. The molecule has 0 aromatic carbocycles. The molecular formula is C15H21NO6. The van der Waals surface area contributed by atoms with Crippen molar-refractivity contribution in [3.8, 4) is 0 Å². The van der Waals surface area contributed by atoms with Gasteiger partial charge in [-0.2, -0.15) is 0 Å². The third kappa shape index (κ3) is 5.53. The van der Waals surface area contributed by atoms with Crippen molar-refractivity contribution in [1.29, 1.82) is 0 Å². The largest absolute Gasteiger partial charge is 0.458 e. The first-order valence-corrected chi connectivity index (χ1v) is 6.87. The van der Waals surface area contributed by atoms with Gasteiger partial charge in [-0.25, -0.2) is 9.78 Å². The fourth-order valence-electron chi connectivity index (χ4n) is 1.66. The zero-order valence-electron chi connectivity index (χ0n) is 12.1. The number of aryl methyl sites for hydroxylation is 1. The number of rotatable bonds is 9. The summed E-state index contributed by atoms with van der Waals surface area (Å²) in [6.07, 6.45) is 0.315. The Bertz CT molecular complexity index is 475. The number of hydrogen-bond acceptors (Lipinski definition) is 7. The van der Waals surface area contributed by atoms with Gasteiger partial charge >= 0.3 is 5.97 Å². The van der Waals surface area contributed by atoms with E-state index in [4.69, 9.17) is 14.9 Å². The van der Waals surface area contributed by atoms with Crippen LogP contribution in [0, 0.1) is 0 Å². The SMILES string of the molecule is C=CCCc1ccc(C(=O)OC[C@@H](O)[C@@H](O)[C@H](O)CO)nc1. The summed E-state index contributed by atoms with van der Waals surface area (Å²) in [5, 5.41) is 36.8.